The lowest BCUT2D eigenvalue weighted by Crippen LogP contribution is -2.38. The van der Waals surface area contributed by atoms with E-state index in [0.717, 1.165) is 5.69 Å². The predicted molar refractivity (Wildman–Crippen MR) is 53.3 cm³/mol. The van der Waals surface area contributed by atoms with Crippen molar-refractivity contribution in [2.24, 2.45) is 5.73 Å². The second kappa shape index (κ2) is 3.73. The highest BCUT2D eigenvalue weighted by Gasteiger charge is 2.11. The van der Waals surface area contributed by atoms with Crippen molar-refractivity contribution in [3.63, 3.8) is 0 Å². The van der Waals surface area contributed by atoms with E-state index in [1.54, 1.807) is 23.5 Å². The van der Waals surface area contributed by atoms with Gasteiger partial charge in [-0.15, -0.1) is 5.53 Å². The van der Waals surface area contributed by atoms with Crippen LogP contribution in [0.25, 0.3) is 0 Å². The Balaban J connectivity index is 2.04. The number of hydrazine groups is 2. The molecule has 0 unspecified atom stereocenters. The largest absolute Gasteiger partial charge is 0.383 e. The zero-order valence-corrected chi connectivity index (χ0v) is 8.12. The van der Waals surface area contributed by atoms with Crippen LogP contribution in [0.15, 0.2) is 30.4 Å². The van der Waals surface area contributed by atoms with Crippen molar-refractivity contribution in [1.82, 2.24) is 21.0 Å². The van der Waals surface area contributed by atoms with E-state index in [4.69, 9.17) is 17.3 Å². The van der Waals surface area contributed by atoms with E-state index in [-0.39, 0.29) is 0 Å². The predicted octanol–water partition coefficient (Wildman–Crippen LogP) is 0.317. The van der Waals surface area contributed by atoms with E-state index in [0.29, 0.717) is 17.4 Å². The van der Waals surface area contributed by atoms with E-state index in [2.05, 4.69) is 15.9 Å². The minimum atomic E-state index is 0.590. The summed E-state index contributed by atoms with van der Waals surface area (Å²) in [7, 11) is 0. The lowest BCUT2D eigenvalue weighted by Gasteiger charge is -2.17. The van der Waals surface area contributed by atoms with E-state index in [1.807, 2.05) is 6.07 Å². The molecule has 0 radical (unpaired) electrons. The molecule has 0 fully saturated rings. The number of halogens is 1. The van der Waals surface area contributed by atoms with Gasteiger partial charge in [-0.25, -0.2) is 0 Å². The lowest BCUT2D eigenvalue weighted by atomic mass is 10.3. The van der Waals surface area contributed by atoms with Crippen molar-refractivity contribution >= 4 is 11.6 Å². The number of hydrogen-bond donors (Lipinski definition) is 3. The van der Waals surface area contributed by atoms with Gasteiger partial charge >= 0.3 is 0 Å². The molecule has 6 heteroatoms. The highest BCUT2D eigenvalue weighted by Crippen LogP contribution is 2.09. The highest BCUT2D eigenvalue weighted by atomic mass is 35.5. The first-order valence-corrected chi connectivity index (χ1v) is 4.48. The normalized spacial score (nSPS) is 15.2. The molecular formula is C8H10ClN5. The number of nitrogens with one attached hydrogen (secondary N) is 2. The maximum atomic E-state index is 5.72. The molecule has 74 valence electrons. The molecule has 0 saturated heterocycles. The number of nitrogens with zero attached hydrogens (tertiary/aromatic N) is 2. The Morgan fingerprint density at radius 2 is 2.36 bits per heavy atom. The van der Waals surface area contributed by atoms with Crippen molar-refractivity contribution < 1.29 is 0 Å². The van der Waals surface area contributed by atoms with Gasteiger partial charge < -0.3 is 11.2 Å². The average molecular weight is 212 g/mol. The van der Waals surface area contributed by atoms with Crippen molar-refractivity contribution in [3.8, 4) is 0 Å². The molecule has 0 aliphatic carbocycles. The van der Waals surface area contributed by atoms with Crippen LogP contribution in [0.1, 0.15) is 5.69 Å². The SMILES string of the molecule is NC1=CNNN1Cc1ccc(Cl)cn1. The quantitative estimate of drug-likeness (QED) is 0.658. The fourth-order valence-corrected chi connectivity index (χ4v) is 1.23. The van der Waals surface area contributed by atoms with Crippen LogP contribution in [0.3, 0.4) is 0 Å². The summed E-state index contributed by atoms with van der Waals surface area (Å²) in [5.41, 5.74) is 12.2. The van der Waals surface area contributed by atoms with Gasteiger partial charge in [-0.3, -0.25) is 9.99 Å². The Labute approximate surface area is 86.5 Å². The Morgan fingerprint density at radius 1 is 1.50 bits per heavy atom. The second-order valence-corrected chi connectivity index (χ2v) is 3.32. The molecule has 1 aromatic heterocycles. The third-order valence-corrected chi connectivity index (χ3v) is 2.06. The van der Waals surface area contributed by atoms with Crippen LogP contribution in [0.2, 0.25) is 5.02 Å². The van der Waals surface area contributed by atoms with Gasteiger partial charge in [-0.1, -0.05) is 11.6 Å². The molecule has 0 spiro atoms. The van der Waals surface area contributed by atoms with E-state index in [9.17, 15) is 0 Å². The summed E-state index contributed by atoms with van der Waals surface area (Å²) in [6.45, 7) is 0.590. The molecule has 0 saturated carbocycles. The molecule has 0 atom stereocenters. The van der Waals surface area contributed by atoms with Gasteiger partial charge in [0.1, 0.15) is 5.82 Å². The summed E-state index contributed by atoms with van der Waals surface area (Å²) in [5, 5.41) is 2.38. The topological polar surface area (TPSA) is 66.2 Å². The maximum Gasteiger partial charge on any atom is 0.133 e. The Bertz CT molecular complexity index is 347. The number of pyridine rings is 1. The molecule has 0 bridgehead atoms. The minimum absolute atomic E-state index is 0.590. The molecular weight excluding hydrogens is 202 g/mol. The van der Waals surface area contributed by atoms with E-state index < -0.39 is 0 Å². The first kappa shape index (κ1) is 9.11. The van der Waals surface area contributed by atoms with Gasteiger partial charge in [-0.05, 0) is 12.1 Å². The first-order chi connectivity index (χ1) is 6.75. The zero-order chi connectivity index (χ0) is 9.97. The fraction of sp³-hybridized carbons (Fsp3) is 0.125. The Hall–Kier alpha value is -1.46. The standard InChI is InChI=1S/C8H10ClN5/c9-6-1-2-7(11-3-6)5-14-8(10)4-12-13-14/h1-4,12-13H,5,10H2. The fourth-order valence-electron chi connectivity index (χ4n) is 1.12. The molecule has 2 heterocycles. The zero-order valence-electron chi connectivity index (χ0n) is 7.37. The highest BCUT2D eigenvalue weighted by molar-refractivity contribution is 6.30. The number of nitrogens with two attached hydrogens (primary N) is 1. The third-order valence-electron chi connectivity index (χ3n) is 1.84. The lowest BCUT2D eigenvalue weighted by molar-refractivity contribution is 0.238. The smallest absolute Gasteiger partial charge is 0.133 e. The molecule has 4 N–H and O–H groups in total. The van der Waals surface area contributed by atoms with Crippen molar-refractivity contribution in [2.75, 3.05) is 0 Å². The van der Waals surface area contributed by atoms with Gasteiger partial charge in [0, 0.05) is 6.20 Å². The number of hydrogen-bond acceptors (Lipinski definition) is 5. The molecule has 1 aliphatic rings. The first-order valence-electron chi connectivity index (χ1n) is 4.10. The van der Waals surface area contributed by atoms with E-state index in [1.165, 1.54) is 0 Å². The molecule has 0 amide bonds. The molecule has 2 rings (SSSR count). The van der Waals surface area contributed by atoms with Crippen LogP contribution in [-0.2, 0) is 6.54 Å². The Kier molecular flexibility index (Phi) is 2.43. The van der Waals surface area contributed by atoms with Crippen LogP contribution in [0.5, 0.6) is 0 Å². The van der Waals surface area contributed by atoms with Crippen molar-refractivity contribution in [3.05, 3.63) is 41.1 Å². The van der Waals surface area contributed by atoms with Crippen molar-refractivity contribution in [2.45, 2.75) is 6.54 Å². The van der Waals surface area contributed by atoms with Crippen LogP contribution in [0.4, 0.5) is 0 Å². The monoisotopic (exact) mass is 211 g/mol. The Morgan fingerprint density at radius 3 is 2.93 bits per heavy atom. The van der Waals surface area contributed by atoms with Gasteiger partial charge in [0.2, 0.25) is 0 Å². The molecule has 14 heavy (non-hydrogen) atoms. The summed E-state index contributed by atoms with van der Waals surface area (Å²) in [4.78, 5) is 4.15. The van der Waals surface area contributed by atoms with Gasteiger partial charge in [0.15, 0.2) is 0 Å². The molecule has 5 nitrogen and oxygen atoms in total. The summed E-state index contributed by atoms with van der Waals surface area (Å²) < 4.78 is 0. The summed E-state index contributed by atoms with van der Waals surface area (Å²) in [6, 6.07) is 3.66. The summed E-state index contributed by atoms with van der Waals surface area (Å²) in [5.74, 6) is 0.627. The third kappa shape index (κ3) is 1.89. The van der Waals surface area contributed by atoms with Gasteiger partial charge in [0.25, 0.3) is 0 Å². The molecule has 1 aliphatic heterocycles. The van der Waals surface area contributed by atoms with Crippen LogP contribution >= 0.6 is 11.6 Å². The molecule has 0 aromatic carbocycles. The summed E-state index contributed by atoms with van der Waals surface area (Å²) >= 11 is 5.72. The van der Waals surface area contributed by atoms with E-state index >= 15 is 0 Å². The van der Waals surface area contributed by atoms with Crippen LogP contribution in [-0.4, -0.2) is 9.99 Å². The van der Waals surface area contributed by atoms with Crippen LogP contribution in [0, 0.1) is 0 Å². The van der Waals surface area contributed by atoms with Gasteiger partial charge in [0.05, 0.1) is 23.5 Å². The average Bonchev–Trinajstić information content (AvgIpc) is 2.56. The van der Waals surface area contributed by atoms with Gasteiger partial charge in [-0.2, -0.15) is 0 Å². The second-order valence-electron chi connectivity index (χ2n) is 2.88. The number of rotatable bonds is 2. The number of aromatic nitrogens is 1. The van der Waals surface area contributed by atoms with Crippen LogP contribution < -0.4 is 16.7 Å². The minimum Gasteiger partial charge on any atom is -0.383 e. The maximum absolute atomic E-state index is 5.72. The summed E-state index contributed by atoms with van der Waals surface area (Å²) in [6.07, 6.45) is 3.29. The molecule has 1 aromatic rings. The van der Waals surface area contributed by atoms with Crippen molar-refractivity contribution in [1.29, 1.82) is 0 Å².